The van der Waals surface area contributed by atoms with Crippen LogP contribution in [0.3, 0.4) is 0 Å². The Morgan fingerprint density at radius 1 is 1.29 bits per heavy atom. The van der Waals surface area contributed by atoms with E-state index >= 15 is 0 Å². The fourth-order valence-electron chi connectivity index (χ4n) is 2.51. The molecule has 7 heteroatoms. The zero-order valence-corrected chi connectivity index (χ0v) is 13.8. The first-order valence-electron chi connectivity index (χ1n) is 7.14. The smallest absolute Gasteiger partial charge is 0.258 e. The Kier molecular flexibility index (Phi) is 4.02. The molecule has 0 aliphatic heterocycles. The summed E-state index contributed by atoms with van der Waals surface area (Å²) in [5, 5.41) is 3.54. The highest BCUT2D eigenvalue weighted by Crippen LogP contribution is 2.32. The van der Waals surface area contributed by atoms with Gasteiger partial charge in [-0.3, -0.25) is 14.6 Å². The summed E-state index contributed by atoms with van der Waals surface area (Å²) in [6.45, 7) is 3.60. The van der Waals surface area contributed by atoms with Gasteiger partial charge in [0.25, 0.3) is 11.8 Å². The maximum atomic E-state index is 13.8. The molecular weight excluding hydrogens is 329 g/mol. The van der Waals surface area contributed by atoms with E-state index in [0.717, 1.165) is 16.5 Å². The number of benzene rings is 1. The minimum absolute atomic E-state index is 0.102. The van der Waals surface area contributed by atoms with Crippen LogP contribution in [0.2, 0.25) is 0 Å². The van der Waals surface area contributed by atoms with Gasteiger partial charge in [0, 0.05) is 16.5 Å². The van der Waals surface area contributed by atoms with Crippen LogP contribution in [0.5, 0.6) is 0 Å². The molecule has 5 nitrogen and oxygen atoms in total. The molecule has 0 saturated heterocycles. The number of hydrogen-bond acceptors (Lipinski definition) is 4. The molecule has 0 atom stereocenters. The highest BCUT2D eigenvalue weighted by Gasteiger charge is 2.21. The number of carbonyl (C=O) groups is 2. The highest BCUT2D eigenvalue weighted by molar-refractivity contribution is 7.16. The Hall–Kier alpha value is -2.80. The number of pyridine rings is 1. The summed E-state index contributed by atoms with van der Waals surface area (Å²) in [7, 11) is 0. The molecule has 2 amide bonds. The number of nitrogens with zero attached hydrogens (tertiary/aromatic N) is 1. The van der Waals surface area contributed by atoms with Crippen LogP contribution in [0.25, 0.3) is 10.9 Å². The molecule has 2 aromatic heterocycles. The molecule has 24 heavy (non-hydrogen) atoms. The third-order valence-electron chi connectivity index (χ3n) is 3.77. The van der Waals surface area contributed by atoms with E-state index in [0.29, 0.717) is 15.9 Å². The highest BCUT2D eigenvalue weighted by atomic mass is 32.1. The van der Waals surface area contributed by atoms with Crippen molar-refractivity contribution in [3.63, 3.8) is 0 Å². The number of nitrogens with two attached hydrogens (primary N) is 1. The lowest BCUT2D eigenvalue weighted by Crippen LogP contribution is -2.18. The lowest BCUT2D eigenvalue weighted by molar-refractivity contribution is 0.100. The molecule has 3 N–H and O–H groups in total. The van der Waals surface area contributed by atoms with Crippen molar-refractivity contribution in [2.75, 3.05) is 5.32 Å². The Morgan fingerprint density at radius 2 is 2.04 bits per heavy atom. The first-order valence-corrected chi connectivity index (χ1v) is 7.95. The predicted octanol–water partition coefficient (Wildman–Crippen LogP) is 3.40. The van der Waals surface area contributed by atoms with Gasteiger partial charge in [0.1, 0.15) is 10.8 Å². The van der Waals surface area contributed by atoms with E-state index in [1.54, 1.807) is 19.1 Å². The molecule has 3 rings (SSSR count). The van der Waals surface area contributed by atoms with Crippen molar-refractivity contribution in [1.82, 2.24) is 4.98 Å². The Labute approximate surface area is 141 Å². The van der Waals surface area contributed by atoms with Gasteiger partial charge in [-0.15, -0.1) is 11.3 Å². The van der Waals surface area contributed by atoms with Crippen LogP contribution in [0, 0.1) is 19.7 Å². The molecule has 0 aliphatic rings. The van der Waals surface area contributed by atoms with Crippen molar-refractivity contribution >= 4 is 39.1 Å². The van der Waals surface area contributed by atoms with Crippen LogP contribution in [0.1, 0.15) is 31.2 Å². The van der Waals surface area contributed by atoms with Gasteiger partial charge in [0.05, 0.1) is 16.6 Å². The summed E-state index contributed by atoms with van der Waals surface area (Å²) < 4.78 is 13.8. The summed E-state index contributed by atoms with van der Waals surface area (Å²) in [6.07, 6.45) is 1.53. The number of anilines is 1. The number of thiophene rings is 1. The van der Waals surface area contributed by atoms with Gasteiger partial charge < -0.3 is 11.1 Å². The van der Waals surface area contributed by atoms with E-state index in [1.165, 1.54) is 23.6 Å². The van der Waals surface area contributed by atoms with E-state index < -0.39 is 17.6 Å². The van der Waals surface area contributed by atoms with Crippen molar-refractivity contribution in [1.29, 1.82) is 0 Å². The van der Waals surface area contributed by atoms with Crippen LogP contribution in [0.4, 0.5) is 9.39 Å². The number of nitrogens with one attached hydrogen (secondary N) is 1. The minimum Gasteiger partial charge on any atom is -0.365 e. The lowest BCUT2D eigenvalue weighted by atomic mass is 10.1. The van der Waals surface area contributed by atoms with Gasteiger partial charge in [-0.1, -0.05) is 6.07 Å². The number of hydrogen-bond donors (Lipinski definition) is 2. The largest absolute Gasteiger partial charge is 0.365 e. The summed E-state index contributed by atoms with van der Waals surface area (Å²) in [5.41, 5.74) is 6.90. The second-order valence-corrected chi connectivity index (χ2v) is 6.56. The van der Waals surface area contributed by atoms with Gasteiger partial charge in [0.2, 0.25) is 0 Å². The van der Waals surface area contributed by atoms with Gasteiger partial charge in [-0.2, -0.15) is 0 Å². The molecule has 0 aliphatic carbocycles. The van der Waals surface area contributed by atoms with Crippen LogP contribution in [-0.2, 0) is 0 Å². The summed E-state index contributed by atoms with van der Waals surface area (Å²) in [5.74, 6) is -1.69. The monoisotopic (exact) mass is 343 g/mol. The molecule has 1 aromatic carbocycles. The Bertz CT molecular complexity index is 981. The second-order valence-electron chi connectivity index (χ2n) is 5.33. The third-order valence-corrected chi connectivity index (χ3v) is 4.90. The van der Waals surface area contributed by atoms with Gasteiger partial charge in [-0.25, -0.2) is 4.39 Å². The molecule has 2 heterocycles. The number of aryl methyl sites for hydroxylation is 1. The molecule has 3 aromatic rings. The lowest BCUT2D eigenvalue weighted by Gasteiger charge is -2.08. The van der Waals surface area contributed by atoms with E-state index in [1.807, 2.05) is 6.92 Å². The van der Waals surface area contributed by atoms with Crippen molar-refractivity contribution in [3.05, 3.63) is 57.8 Å². The summed E-state index contributed by atoms with van der Waals surface area (Å²) in [4.78, 5) is 29.3. The minimum atomic E-state index is -0.616. The van der Waals surface area contributed by atoms with Crippen LogP contribution in [0.15, 0.2) is 30.5 Å². The number of amides is 2. The molecular formula is C17H14FN3O2S. The topological polar surface area (TPSA) is 85.1 Å². The average Bonchev–Trinajstić information content (AvgIpc) is 2.80. The van der Waals surface area contributed by atoms with E-state index in [9.17, 15) is 14.0 Å². The Balaban J connectivity index is 2.06. The number of aromatic nitrogens is 1. The van der Waals surface area contributed by atoms with Crippen molar-refractivity contribution in [3.8, 4) is 0 Å². The molecule has 0 radical (unpaired) electrons. The SMILES string of the molecule is Cc1sc(NC(=O)c2cc(F)cc3cccnc23)c(C(N)=O)c1C. The predicted molar refractivity (Wildman–Crippen MR) is 92.0 cm³/mol. The Morgan fingerprint density at radius 3 is 2.75 bits per heavy atom. The summed E-state index contributed by atoms with van der Waals surface area (Å²) in [6, 6.07) is 5.78. The van der Waals surface area contributed by atoms with Crippen molar-refractivity contribution < 1.29 is 14.0 Å². The number of fused-ring (bicyclic) bond motifs is 1. The van der Waals surface area contributed by atoms with Gasteiger partial charge in [0.15, 0.2) is 0 Å². The van der Waals surface area contributed by atoms with Crippen LogP contribution in [-0.4, -0.2) is 16.8 Å². The third kappa shape index (κ3) is 2.74. The second kappa shape index (κ2) is 6.01. The first-order chi connectivity index (χ1) is 11.4. The van der Waals surface area contributed by atoms with E-state index in [2.05, 4.69) is 10.3 Å². The maximum absolute atomic E-state index is 13.8. The zero-order chi connectivity index (χ0) is 17.4. The fourth-order valence-corrected chi connectivity index (χ4v) is 3.57. The van der Waals surface area contributed by atoms with Crippen LogP contribution < -0.4 is 11.1 Å². The number of halogens is 1. The molecule has 0 unspecified atom stereocenters. The molecule has 0 saturated carbocycles. The zero-order valence-electron chi connectivity index (χ0n) is 13.0. The molecule has 0 spiro atoms. The molecule has 0 bridgehead atoms. The number of carbonyl (C=O) groups excluding carboxylic acids is 2. The standard InChI is InChI=1S/C17H14FN3O2S/c1-8-9(2)24-17(13(8)15(19)22)21-16(23)12-7-11(18)6-10-4-3-5-20-14(10)12/h3-7H,1-2H3,(H2,19,22)(H,21,23). The maximum Gasteiger partial charge on any atom is 0.258 e. The number of rotatable bonds is 3. The normalized spacial score (nSPS) is 10.8. The molecule has 122 valence electrons. The number of primary amides is 1. The van der Waals surface area contributed by atoms with E-state index in [-0.39, 0.29) is 11.1 Å². The van der Waals surface area contributed by atoms with Crippen molar-refractivity contribution in [2.45, 2.75) is 13.8 Å². The first kappa shape index (κ1) is 16.1. The molecule has 0 fully saturated rings. The quantitative estimate of drug-likeness (QED) is 0.764. The van der Waals surface area contributed by atoms with Gasteiger partial charge in [-0.05, 0) is 37.6 Å². The van der Waals surface area contributed by atoms with Gasteiger partial charge >= 0.3 is 0 Å². The van der Waals surface area contributed by atoms with Crippen molar-refractivity contribution in [2.24, 2.45) is 5.73 Å². The fraction of sp³-hybridized carbons (Fsp3) is 0.118. The van der Waals surface area contributed by atoms with E-state index in [4.69, 9.17) is 5.73 Å². The average molecular weight is 343 g/mol. The summed E-state index contributed by atoms with van der Waals surface area (Å²) >= 11 is 1.25. The van der Waals surface area contributed by atoms with Crippen LogP contribution >= 0.6 is 11.3 Å².